The number of para-hydroxylation sites is 1. The summed E-state index contributed by atoms with van der Waals surface area (Å²) >= 11 is 0. The van der Waals surface area contributed by atoms with Gasteiger partial charge in [0.05, 0.1) is 21.5 Å². The van der Waals surface area contributed by atoms with E-state index in [4.69, 9.17) is 0 Å². The van der Waals surface area contributed by atoms with Gasteiger partial charge < -0.3 is 0 Å². The smallest absolute Gasteiger partial charge is 0.273 e. The number of non-ortho nitro benzene ring substituents is 1. The number of aromatic amines is 1. The van der Waals surface area contributed by atoms with E-state index in [1.165, 1.54) is 22.8 Å². The number of nitrogens with zero attached hydrogens (tertiary/aromatic N) is 2. The lowest BCUT2D eigenvalue weighted by molar-refractivity contribution is -0.384. The number of nitrogens with one attached hydrogen (secondary N) is 1. The Bertz CT molecular complexity index is 972. The van der Waals surface area contributed by atoms with Gasteiger partial charge in [-0.3, -0.25) is 24.5 Å². The number of H-pyrrole nitrogens is 1. The number of fused-ring (bicyclic) bond motifs is 1. The fourth-order valence-corrected chi connectivity index (χ4v) is 2.19. The number of benzene rings is 2. The summed E-state index contributed by atoms with van der Waals surface area (Å²) in [5.74, 6) is 0. The molecule has 0 saturated heterocycles. The van der Waals surface area contributed by atoms with E-state index >= 15 is 0 Å². The second kappa shape index (κ2) is 4.71. The molecule has 0 aliphatic heterocycles. The number of hydrogen-bond donors (Lipinski definition) is 1. The van der Waals surface area contributed by atoms with Crippen molar-refractivity contribution in [2.75, 3.05) is 0 Å². The Kier molecular flexibility index (Phi) is 2.87. The van der Waals surface area contributed by atoms with Gasteiger partial charge in [-0.15, -0.1) is 0 Å². The minimum absolute atomic E-state index is 0.130. The fourth-order valence-electron chi connectivity index (χ4n) is 2.19. The van der Waals surface area contributed by atoms with E-state index in [-0.39, 0.29) is 5.69 Å². The third-order valence-electron chi connectivity index (χ3n) is 3.11. The highest BCUT2D eigenvalue weighted by atomic mass is 16.6. The Balaban J connectivity index is 2.40. The molecule has 1 N–H and O–H groups in total. The minimum atomic E-state index is -0.640. The predicted molar refractivity (Wildman–Crippen MR) is 76.8 cm³/mol. The minimum Gasteiger partial charge on any atom is -0.273 e. The summed E-state index contributed by atoms with van der Waals surface area (Å²) in [5.41, 5.74) is -0.542. The van der Waals surface area contributed by atoms with Gasteiger partial charge in [0.15, 0.2) is 0 Å². The molecule has 0 radical (unpaired) electrons. The van der Waals surface area contributed by atoms with E-state index in [0.29, 0.717) is 16.6 Å². The standard InChI is InChI=1S/C14H9N3O4/c18-13-11-6-1-2-7-12(11)16(14(19)15-13)9-4-3-5-10(8-9)17(20)21/h1-8H,(H,15,18,19). The van der Waals surface area contributed by atoms with E-state index < -0.39 is 16.2 Å². The van der Waals surface area contributed by atoms with E-state index in [2.05, 4.69) is 4.98 Å². The molecule has 2 aromatic carbocycles. The molecule has 0 bridgehead atoms. The van der Waals surface area contributed by atoms with E-state index in [9.17, 15) is 19.7 Å². The van der Waals surface area contributed by atoms with Crippen LogP contribution in [0.1, 0.15) is 0 Å². The number of hydrogen-bond acceptors (Lipinski definition) is 4. The van der Waals surface area contributed by atoms with Crippen molar-refractivity contribution in [3.8, 4) is 5.69 Å². The SMILES string of the molecule is O=c1[nH]c(=O)n(-c2cccc([N+](=O)[O-])c2)c2ccccc12. The second-order valence-corrected chi connectivity index (χ2v) is 4.39. The lowest BCUT2D eigenvalue weighted by Crippen LogP contribution is -2.29. The first-order chi connectivity index (χ1) is 10.1. The van der Waals surface area contributed by atoms with Crippen LogP contribution in [0.2, 0.25) is 0 Å². The number of nitro groups is 1. The molecular weight excluding hydrogens is 274 g/mol. The molecule has 0 atom stereocenters. The van der Waals surface area contributed by atoms with Gasteiger partial charge in [-0.05, 0) is 18.2 Å². The zero-order chi connectivity index (χ0) is 15.0. The Morgan fingerprint density at radius 3 is 2.57 bits per heavy atom. The van der Waals surface area contributed by atoms with E-state index in [1.807, 2.05) is 0 Å². The monoisotopic (exact) mass is 283 g/mol. The zero-order valence-electron chi connectivity index (χ0n) is 10.6. The summed E-state index contributed by atoms with van der Waals surface area (Å²) in [6.07, 6.45) is 0. The zero-order valence-corrected chi connectivity index (χ0v) is 10.6. The van der Waals surface area contributed by atoms with Crippen LogP contribution in [0, 0.1) is 10.1 Å². The van der Waals surface area contributed by atoms with Crippen LogP contribution < -0.4 is 11.2 Å². The van der Waals surface area contributed by atoms with Crippen LogP contribution in [0.3, 0.4) is 0 Å². The van der Waals surface area contributed by atoms with Gasteiger partial charge in [0.25, 0.3) is 11.2 Å². The van der Waals surface area contributed by atoms with Crippen LogP contribution in [0.4, 0.5) is 5.69 Å². The molecule has 0 saturated carbocycles. The highest BCUT2D eigenvalue weighted by molar-refractivity contribution is 5.79. The summed E-state index contributed by atoms with van der Waals surface area (Å²) in [6.45, 7) is 0. The van der Waals surface area contributed by atoms with Crippen LogP contribution >= 0.6 is 0 Å². The molecule has 0 unspecified atom stereocenters. The van der Waals surface area contributed by atoms with Gasteiger partial charge in [-0.25, -0.2) is 4.79 Å². The molecule has 0 aliphatic rings. The molecule has 1 heterocycles. The fraction of sp³-hybridized carbons (Fsp3) is 0. The Morgan fingerprint density at radius 1 is 1.05 bits per heavy atom. The number of nitro benzene ring substituents is 1. The summed E-state index contributed by atoms with van der Waals surface area (Å²) in [4.78, 5) is 36.4. The van der Waals surface area contributed by atoms with Crippen molar-refractivity contribution in [1.82, 2.24) is 9.55 Å². The second-order valence-electron chi connectivity index (χ2n) is 4.39. The highest BCUT2D eigenvalue weighted by Gasteiger charge is 2.12. The largest absolute Gasteiger partial charge is 0.333 e. The summed E-state index contributed by atoms with van der Waals surface area (Å²) < 4.78 is 1.24. The van der Waals surface area contributed by atoms with Crippen LogP contribution in [0.5, 0.6) is 0 Å². The summed E-state index contributed by atoms with van der Waals surface area (Å²) in [7, 11) is 0. The number of rotatable bonds is 2. The Morgan fingerprint density at radius 2 is 1.81 bits per heavy atom. The molecule has 7 nitrogen and oxygen atoms in total. The van der Waals surface area contributed by atoms with Crippen LogP contribution in [0.25, 0.3) is 16.6 Å². The summed E-state index contributed by atoms with van der Waals surface area (Å²) in [5, 5.41) is 11.2. The maximum Gasteiger partial charge on any atom is 0.333 e. The third kappa shape index (κ3) is 2.10. The molecule has 21 heavy (non-hydrogen) atoms. The molecular formula is C14H9N3O4. The predicted octanol–water partition coefficient (Wildman–Crippen LogP) is 1.59. The maximum absolute atomic E-state index is 12.1. The highest BCUT2D eigenvalue weighted by Crippen LogP contribution is 2.18. The average molecular weight is 283 g/mol. The first-order valence-electron chi connectivity index (χ1n) is 6.07. The first kappa shape index (κ1) is 12.8. The van der Waals surface area contributed by atoms with Crippen molar-refractivity contribution < 1.29 is 4.92 Å². The summed E-state index contributed by atoms with van der Waals surface area (Å²) in [6, 6.07) is 12.2. The van der Waals surface area contributed by atoms with Crippen molar-refractivity contribution in [2.24, 2.45) is 0 Å². The first-order valence-corrected chi connectivity index (χ1v) is 6.07. The molecule has 104 valence electrons. The lowest BCUT2D eigenvalue weighted by Gasteiger charge is -2.08. The van der Waals surface area contributed by atoms with Crippen LogP contribution in [-0.2, 0) is 0 Å². The normalized spacial score (nSPS) is 10.7. The molecule has 0 fully saturated rings. The van der Waals surface area contributed by atoms with Crippen molar-refractivity contribution in [1.29, 1.82) is 0 Å². The van der Waals surface area contributed by atoms with Crippen molar-refractivity contribution in [2.45, 2.75) is 0 Å². The topological polar surface area (TPSA) is 98.0 Å². The van der Waals surface area contributed by atoms with Crippen molar-refractivity contribution >= 4 is 16.6 Å². The number of aromatic nitrogens is 2. The Hall–Kier alpha value is -3.22. The quantitative estimate of drug-likeness (QED) is 0.570. The molecule has 3 aromatic rings. The maximum atomic E-state index is 12.1. The molecule has 7 heteroatoms. The van der Waals surface area contributed by atoms with Gasteiger partial charge in [-0.1, -0.05) is 18.2 Å². The van der Waals surface area contributed by atoms with E-state index in [0.717, 1.165) is 0 Å². The average Bonchev–Trinajstić information content (AvgIpc) is 2.47. The third-order valence-corrected chi connectivity index (χ3v) is 3.11. The van der Waals surface area contributed by atoms with E-state index in [1.54, 1.807) is 30.3 Å². The van der Waals surface area contributed by atoms with Crippen molar-refractivity contribution in [3.05, 3.63) is 79.5 Å². The molecule has 0 spiro atoms. The Labute approximate surface area is 117 Å². The lowest BCUT2D eigenvalue weighted by atomic mass is 10.2. The molecule has 3 rings (SSSR count). The van der Waals surface area contributed by atoms with Gasteiger partial charge in [0.2, 0.25) is 0 Å². The molecule has 0 amide bonds. The molecule has 1 aromatic heterocycles. The van der Waals surface area contributed by atoms with Crippen LogP contribution in [-0.4, -0.2) is 14.5 Å². The van der Waals surface area contributed by atoms with Gasteiger partial charge >= 0.3 is 5.69 Å². The van der Waals surface area contributed by atoms with Crippen molar-refractivity contribution in [3.63, 3.8) is 0 Å². The van der Waals surface area contributed by atoms with Gasteiger partial charge in [-0.2, -0.15) is 0 Å². The van der Waals surface area contributed by atoms with Gasteiger partial charge in [0, 0.05) is 12.1 Å². The van der Waals surface area contributed by atoms with Gasteiger partial charge in [0.1, 0.15) is 0 Å². The molecule has 0 aliphatic carbocycles. The van der Waals surface area contributed by atoms with Crippen LogP contribution in [0.15, 0.2) is 58.1 Å².